The number of amides is 1. The fourth-order valence-corrected chi connectivity index (χ4v) is 3.75. The van der Waals surface area contributed by atoms with Crippen LogP contribution in [0.25, 0.3) is 11.3 Å². The van der Waals surface area contributed by atoms with E-state index >= 15 is 0 Å². The lowest BCUT2D eigenvalue weighted by Crippen LogP contribution is -2.32. The first-order valence-corrected chi connectivity index (χ1v) is 10.7. The number of phenols is 1. The van der Waals surface area contributed by atoms with Crippen LogP contribution in [0.4, 0.5) is 32.0 Å². The average molecular weight is 520 g/mol. The standard InChI is InChI=1S/C23H20ClF6N3O2/c1-3-4-9-33(21(35)13-5-8-16(17(24)10-13)22(25,26)27)14-6-7-15(19(34)11-14)18-12-20(23(28,29)30)31-32(18)2/h5-8,10-12,34H,3-4,9H2,1-2H3. The van der Waals surface area contributed by atoms with E-state index in [-0.39, 0.29) is 29.1 Å². The Morgan fingerprint density at radius 3 is 2.26 bits per heavy atom. The molecule has 5 nitrogen and oxygen atoms in total. The maximum atomic E-state index is 13.2. The van der Waals surface area contributed by atoms with E-state index in [2.05, 4.69) is 5.10 Å². The van der Waals surface area contributed by atoms with Gasteiger partial charge in [0.05, 0.1) is 16.3 Å². The first-order valence-electron chi connectivity index (χ1n) is 10.4. The van der Waals surface area contributed by atoms with Gasteiger partial charge in [0.2, 0.25) is 0 Å². The second-order valence-corrected chi connectivity index (χ2v) is 8.15. The number of phenolic OH excluding ortho intramolecular Hbond substituents is 1. The van der Waals surface area contributed by atoms with E-state index < -0.39 is 40.3 Å². The number of aromatic nitrogens is 2. The van der Waals surface area contributed by atoms with Gasteiger partial charge >= 0.3 is 12.4 Å². The van der Waals surface area contributed by atoms with Gasteiger partial charge in [-0.05, 0) is 42.8 Å². The van der Waals surface area contributed by atoms with Crippen LogP contribution in [0.2, 0.25) is 5.02 Å². The summed E-state index contributed by atoms with van der Waals surface area (Å²) < 4.78 is 79.0. The molecule has 0 aliphatic heterocycles. The van der Waals surface area contributed by atoms with E-state index in [9.17, 15) is 36.2 Å². The molecule has 188 valence electrons. The number of nitrogens with zero attached hydrogens (tertiary/aromatic N) is 3. The van der Waals surface area contributed by atoms with E-state index in [1.54, 1.807) is 0 Å². The van der Waals surface area contributed by atoms with Gasteiger partial charge in [-0.2, -0.15) is 31.4 Å². The lowest BCUT2D eigenvalue weighted by Gasteiger charge is -2.24. The molecule has 0 aliphatic carbocycles. The zero-order chi connectivity index (χ0) is 26.1. The fraction of sp³-hybridized carbons (Fsp3) is 0.304. The van der Waals surface area contributed by atoms with Gasteiger partial charge in [-0.3, -0.25) is 9.48 Å². The molecule has 0 fully saturated rings. The summed E-state index contributed by atoms with van der Waals surface area (Å²) in [5, 5.41) is 13.4. The van der Waals surface area contributed by atoms with Gasteiger partial charge in [0.1, 0.15) is 5.75 Å². The van der Waals surface area contributed by atoms with Crippen LogP contribution >= 0.6 is 11.6 Å². The quantitative estimate of drug-likeness (QED) is 0.359. The summed E-state index contributed by atoms with van der Waals surface area (Å²) in [5.74, 6) is -1.06. The van der Waals surface area contributed by atoms with Crippen molar-refractivity contribution in [1.82, 2.24) is 9.78 Å². The molecule has 0 spiro atoms. The molecule has 1 heterocycles. The highest BCUT2D eigenvalue weighted by Crippen LogP contribution is 2.38. The lowest BCUT2D eigenvalue weighted by atomic mass is 10.1. The van der Waals surface area contributed by atoms with Crippen LogP contribution in [-0.2, 0) is 19.4 Å². The van der Waals surface area contributed by atoms with Gasteiger partial charge < -0.3 is 10.0 Å². The van der Waals surface area contributed by atoms with Crippen molar-refractivity contribution in [2.75, 3.05) is 11.4 Å². The topological polar surface area (TPSA) is 58.4 Å². The van der Waals surface area contributed by atoms with Crippen molar-refractivity contribution in [3.63, 3.8) is 0 Å². The van der Waals surface area contributed by atoms with Crippen LogP contribution in [0.5, 0.6) is 5.75 Å². The van der Waals surface area contributed by atoms with Crippen LogP contribution in [0.15, 0.2) is 42.5 Å². The zero-order valence-corrected chi connectivity index (χ0v) is 19.3. The minimum Gasteiger partial charge on any atom is -0.507 e. The maximum absolute atomic E-state index is 13.2. The number of aryl methyl sites for hydroxylation is 1. The van der Waals surface area contributed by atoms with E-state index in [0.29, 0.717) is 12.8 Å². The molecular formula is C23H20ClF6N3O2. The number of hydrogen-bond donors (Lipinski definition) is 1. The highest BCUT2D eigenvalue weighted by molar-refractivity contribution is 6.32. The van der Waals surface area contributed by atoms with Crippen molar-refractivity contribution < 1.29 is 36.2 Å². The van der Waals surface area contributed by atoms with Crippen LogP contribution in [0, 0.1) is 0 Å². The summed E-state index contributed by atoms with van der Waals surface area (Å²) in [6.07, 6.45) is -8.12. The Balaban J connectivity index is 1.98. The van der Waals surface area contributed by atoms with Crippen molar-refractivity contribution in [3.05, 3.63) is 64.3 Å². The van der Waals surface area contributed by atoms with Crippen LogP contribution in [0.3, 0.4) is 0 Å². The van der Waals surface area contributed by atoms with Gasteiger partial charge in [-0.1, -0.05) is 24.9 Å². The minimum atomic E-state index is -4.68. The molecule has 0 radical (unpaired) electrons. The molecule has 1 N–H and O–H groups in total. The number of halogens is 7. The molecule has 3 rings (SSSR count). The summed E-state index contributed by atoms with van der Waals surface area (Å²) in [6, 6.07) is 7.41. The number of unbranched alkanes of at least 4 members (excludes halogenated alkanes) is 1. The molecule has 0 atom stereocenters. The van der Waals surface area contributed by atoms with Gasteiger partial charge in [-0.25, -0.2) is 0 Å². The van der Waals surface area contributed by atoms with Gasteiger partial charge in [0, 0.05) is 36.5 Å². The third-order valence-electron chi connectivity index (χ3n) is 5.24. The van der Waals surface area contributed by atoms with Crippen molar-refractivity contribution in [3.8, 4) is 17.0 Å². The second kappa shape index (κ2) is 9.80. The maximum Gasteiger partial charge on any atom is 0.435 e. The third-order valence-corrected chi connectivity index (χ3v) is 5.55. The lowest BCUT2D eigenvalue weighted by molar-refractivity contribution is -0.141. The predicted molar refractivity (Wildman–Crippen MR) is 118 cm³/mol. The Labute approximate surface area is 201 Å². The number of aromatic hydroxyl groups is 1. The SMILES string of the molecule is CCCCN(C(=O)c1ccc(C(F)(F)F)c(Cl)c1)c1ccc(-c2cc(C(F)(F)F)nn2C)c(O)c1. The third kappa shape index (κ3) is 5.72. The van der Waals surface area contributed by atoms with Crippen molar-refractivity contribution in [2.24, 2.45) is 7.05 Å². The highest BCUT2D eigenvalue weighted by atomic mass is 35.5. The summed E-state index contributed by atoms with van der Waals surface area (Å²) >= 11 is 5.76. The molecule has 2 aromatic carbocycles. The highest BCUT2D eigenvalue weighted by Gasteiger charge is 2.35. The van der Waals surface area contributed by atoms with Gasteiger partial charge in [0.15, 0.2) is 5.69 Å². The molecule has 0 unspecified atom stereocenters. The van der Waals surface area contributed by atoms with Crippen LogP contribution < -0.4 is 4.90 Å². The van der Waals surface area contributed by atoms with E-state index in [4.69, 9.17) is 11.6 Å². The van der Waals surface area contributed by atoms with Crippen molar-refractivity contribution in [1.29, 1.82) is 0 Å². The Morgan fingerprint density at radius 2 is 1.74 bits per heavy atom. The summed E-state index contributed by atoms with van der Waals surface area (Å²) in [6.45, 7) is 2.05. The number of anilines is 1. The molecule has 35 heavy (non-hydrogen) atoms. The summed E-state index contributed by atoms with van der Waals surface area (Å²) in [4.78, 5) is 14.4. The zero-order valence-electron chi connectivity index (χ0n) is 18.5. The average Bonchev–Trinajstić information content (AvgIpc) is 3.15. The first kappa shape index (κ1) is 26.4. The van der Waals surface area contributed by atoms with Crippen LogP contribution in [0.1, 0.15) is 41.4 Å². The second-order valence-electron chi connectivity index (χ2n) is 7.74. The van der Waals surface area contributed by atoms with Crippen molar-refractivity contribution in [2.45, 2.75) is 32.1 Å². The first-order chi connectivity index (χ1) is 16.2. The van der Waals surface area contributed by atoms with E-state index in [1.807, 2.05) is 6.92 Å². The smallest absolute Gasteiger partial charge is 0.435 e. The number of carbonyl (C=O) groups is 1. The molecule has 0 saturated heterocycles. The number of rotatable bonds is 6. The monoisotopic (exact) mass is 519 g/mol. The molecule has 1 amide bonds. The van der Waals surface area contributed by atoms with Crippen LogP contribution in [-0.4, -0.2) is 27.3 Å². The Hall–Kier alpha value is -3.21. The largest absolute Gasteiger partial charge is 0.507 e. The van der Waals surface area contributed by atoms with E-state index in [0.717, 1.165) is 28.9 Å². The minimum absolute atomic E-state index is 0.00216. The predicted octanol–water partition coefficient (Wildman–Crippen LogP) is 6.93. The molecule has 0 bridgehead atoms. The van der Waals surface area contributed by atoms with Gasteiger partial charge in [0.25, 0.3) is 5.91 Å². The number of hydrogen-bond acceptors (Lipinski definition) is 3. The Kier molecular flexibility index (Phi) is 7.39. The van der Waals surface area contributed by atoms with Gasteiger partial charge in [-0.15, -0.1) is 0 Å². The summed E-state index contributed by atoms with van der Waals surface area (Å²) in [7, 11) is 1.29. The number of alkyl halides is 6. The molecule has 0 aliphatic rings. The molecule has 12 heteroatoms. The Morgan fingerprint density at radius 1 is 1.06 bits per heavy atom. The summed E-state index contributed by atoms with van der Waals surface area (Å²) in [5.41, 5.74) is -2.03. The normalized spacial score (nSPS) is 12.1. The number of carbonyl (C=O) groups excluding carboxylic acids is 1. The molecule has 1 aromatic heterocycles. The fourth-order valence-electron chi connectivity index (χ4n) is 3.46. The number of benzene rings is 2. The molecule has 0 saturated carbocycles. The molecule has 3 aromatic rings. The Bertz CT molecular complexity index is 1240. The van der Waals surface area contributed by atoms with Crippen molar-refractivity contribution >= 4 is 23.2 Å². The van der Waals surface area contributed by atoms with E-state index in [1.165, 1.54) is 30.1 Å². The molecular weight excluding hydrogens is 500 g/mol.